The zero-order chi connectivity index (χ0) is 18.5. The van der Waals surface area contributed by atoms with Gasteiger partial charge >= 0.3 is 0 Å². The van der Waals surface area contributed by atoms with Crippen LogP contribution in [0.15, 0.2) is 64.5 Å². The molecule has 26 heavy (non-hydrogen) atoms. The highest BCUT2D eigenvalue weighted by Gasteiger charge is 2.26. The number of H-pyrrole nitrogens is 1. The molecule has 1 aromatic heterocycles. The van der Waals surface area contributed by atoms with Gasteiger partial charge in [0, 0.05) is 0 Å². The molecule has 0 spiro atoms. The summed E-state index contributed by atoms with van der Waals surface area (Å²) in [6, 6.07) is 15.8. The predicted molar refractivity (Wildman–Crippen MR) is 98.1 cm³/mol. The van der Waals surface area contributed by atoms with Gasteiger partial charge in [0.25, 0.3) is 5.56 Å². The van der Waals surface area contributed by atoms with Crippen LogP contribution in [0.3, 0.4) is 0 Å². The van der Waals surface area contributed by atoms with Crippen molar-refractivity contribution in [3.63, 3.8) is 0 Å². The quantitative estimate of drug-likeness (QED) is 0.323. The van der Waals surface area contributed by atoms with E-state index in [0.717, 1.165) is 0 Å². The summed E-state index contributed by atoms with van der Waals surface area (Å²) in [6.45, 7) is -0.697. The molecule has 0 amide bonds. The van der Waals surface area contributed by atoms with Crippen molar-refractivity contribution >= 4 is 22.4 Å². The van der Waals surface area contributed by atoms with Gasteiger partial charge in [-0.25, -0.2) is 4.98 Å². The number of hydrogen-bond donors (Lipinski definition) is 5. The Kier molecular flexibility index (Phi) is 5.37. The SMILES string of the molecule is O=c1[nH]c2ccccc2nc1/C(=N/Nc1ccccc1)[C@H](O)[C@H](O)CO. The maximum atomic E-state index is 12.4. The van der Waals surface area contributed by atoms with E-state index in [9.17, 15) is 15.0 Å². The Morgan fingerprint density at radius 3 is 2.54 bits per heavy atom. The summed E-state index contributed by atoms with van der Waals surface area (Å²) in [4.78, 5) is 19.3. The predicted octanol–water partition coefficient (Wildman–Crippen LogP) is 0.453. The monoisotopic (exact) mass is 354 g/mol. The second-order valence-electron chi connectivity index (χ2n) is 5.60. The summed E-state index contributed by atoms with van der Waals surface area (Å²) in [6.07, 6.45) is -3.12. The molecule has 0 aliphatic rings. The van der Waals surface area contributed by atoms with Crippen molar-refractivity contribution in [2.24, 2.45) is 5.10 Å². The molecule has 0 unspecified atom stereocenters. The standard InChI is InChI=1S/C18H18N4O4/c23-10-14(24)17(25)15(22-21-11-6-2-1-3-7-11)16-18(26)20-13-9-5-4-8-12(13)19-16/h1-9,14,17,21,23-25H,10H2,(H,20,26)/b22-15-/t14-,17-/m1/s1. The fraction of sp³-hybridized carbons (Fsp3) is 0.167. The first-order valence-electron chi connectivity index (χ1n) is 7.95. The van der Waals surface area contributed by atoms with Crippen LogP contribution < -0.4 is 11.0 Å². The van der Waals surface area contributed by atoms with Gasteiger partial charge in [0.2, 0.25) is 0 Å². The highest BCUT2D eigenvalue weighted by atomic mass is 16.4. The van der Waals surface area contributed by atoms with Crippen LogP contribution in [-0.4, -0.2) is 49.8 Å². The molecule has 5 N–H and O–H groups in total. The molecule has 0 saturated carbocycles. The largest absolute Gasteiger partial charge is 0.394 e. The number of aliphatic hydroxyl groups is 3. The first kappa shape index (κ1) is 17.7. The third-order valence-corrected chi connectivity index (χ3v) is 3.75. The molecule has 8 nitrogen and oxygen atoms in total. The third kappa shape index (κ3) is 3.77. The van der Waals surface area contributed by atoms with E-state index in [1.807, 2.05) is 6.07 Å². The van der Waals surface area contributed by atoms with E-state index >= 15 is 0 Å². The summed E-state index contributed by atoms with van der Waals surface area (Å²) in [5, 5.41) is 33.3. The molecule has 8 heteroatoms. The Morgan fingerprint density at radius 2 is 1.81 bits per heavy atom. The Morgan fingerprint density at radius 1 is 1.12 bits per heavy atom. The Labute approximate surface area is 148 Å². The lowest BCUT2D eigenvalue weighted by molar-refractivity contribution is 0.0185. The summed E-state index contributed by atoms with van der Waals surface area (Å²) in [5.41, 5.74) is 3.48. The van der Waals surface area contributed by atoms with Crippen LogP contribution in [0.5, 0.6) is 0 Å². The minimum Gasteiger partial charge on any atom is -0.394 e. The summed E-state index contributed by atoms with van der Waals surface area (Å²) < 4.78 is 0. The molecule has 0 aliphatic heterocycles. The third-order valence-electron chi connectivity index (χ3n) is 3.75. The summed E-state index contributed by atoms with van der Waals surface area (Å²) in [7, 11) is 0. The molecule has 3 rings (SSSR count). The summed E-state index contributed by atoms with van der Waals surface area (Å²) in [5.74, 6) is 0. The van der Waals surface area contributed by atoms with E-state index < -0.39 is 24.4 Å². The number of rotatable bonds is 6. The first-order chi connectivity index (χ1) is 12.6. The van der Waals surface area contributed by atoms with Crippen LogP contribution in [0.25, 0.3) is 11.0 Å². The average molecular weight is 354 g/mol. The van der Waals surface area contributed by atoms with Gasteiger partial charge in [0.15, 0.2) is 5.69 Å². The van der Waals surface area contributed by atoms with Gasteiger partial charge < -0.3 is 20.3 Å². The van der Waals surface area contributed by atoms with Gasteiger partial charge in [-0.05, 0) is 24.3 Å². The minimum atomic E-state index is -1.61. The van der Waals surface area contributed by atoms with Crippen molar-refractivity contribution in [3.05, 3.63) is 70.6 Å². The van der Waals surface area contributed by atoms with Crippen LogP contribution in [0.1, 0.15) is 5.69 Å². The Hall–Kier alpha value is -3.07. The second kappa shape index (κ2) is 7.87. The van der Waals surface area contributed by atoms with Crippen LogP contribution in [-0.2, 0) is 0 Å². The lowest BCUT2D eigenvalue weighted by Crippen LogP contribution is -2.40. The number of nitrogens with zero attached hydrogens (tertiary/aromatic N) is 2. The Balaban J connectivity index is 2.08. The van der Waals surface area contributed by atoms with Crippen LogP contribution >= 0.6 is 0 Å². The number of aromatic amines is 1. The normalized spacial score (nSPS) is 14.2. The molecule has 0 fully saturated rings. The van der Waals surface area contributed by atoms with Gasteiger partial charge in [-0.2, -0.15) is 5.10 Å². The lowest BCUT2D eigenvalue weighted by Gasteiger charge is -2.17. The van der Waals surface area contributed by atoms with E-state index in [-0.39, 0.29) is 11.4 Å². The van der Waals surface area contributed by atoms with E-state index in [0.29, 0.717) is 16.7 Å². The zero-order valence-corrected chi connectivity index (χ0v) is 13.7. The molecule has 1 heterocycles. The zero-order valence-electron chi connectivity index (χ0n) is 13.7. The molecule has 0 aliphatic carbocycles. The highest BCUT2D eigenvalue weighted by Crippen LogP contribution is 2.11. The molecular formula is C18H18N4O4. The number of aromatic nitrogens is 2. The lowest BCUT2D eigenvalue weighted by atomic mass is 10.1. The van der Waals surface area contributed by atoms with E-state index in [2.05, 4.69) is 20.5 Å². The number of fused-ring (bicyclic) bond motifs is 1. The molecule has 0 radical (unpaired) electrons. The van der Waals surface area contributed by atoms with E-state index in [1.165, 1.54) is 0 Å². The molecule has 2 aromatic carbocycles. The minimum absolute atomic E-state index is 0.146. The maximum absolute atomic E-state index is 12.4. The molecule has 0 bridgehead atoms. The van der Waals surface area contributed by atoms with E-state index in [4.69, 9.17) is 5.11 Å². The van der Waals surface area contributed by atoms with Gasteiger partial charge in [0.1, 0.15) is 17.9 Å². The van der Waals surface area contributed by atoms with Crippen molar-refractivity contribution < 1.29 is 15.3 Å². The number of hydrazone groups is 1. The van der Waals surface area contributed by atoms with Crippen LogP contribution in [0.4, 0.5) is 5.69 Å². The topological polar surface area (TPSA) is 131 Å². The molecule has 134 valence electrons. The number of anilines is 1. The summed E-state index contributed by atoms with van der Waals surface area (Å²) >= 11 is 0. The van der Waals surface area contributed by atoms with Gasteiger partial charge in [0.05, 0.1) is 23.3 Å². The molecule has 0 saturated heterocycles. The Bertz CT molecular complexity index is 972. The number of benzene rings is 2. The van der Waals surface area contributed by atoms with Gasteiger partial charge in [-0.3, -0.25) is 10.2 Å². The number of para-hydroxylation sites is 3. The van der Waals surface area contributed by atoms with Crippen molar-refractivity contribution in [1.29, 1.82) is 0 Å². The second-order valence-corrected chi connectivity index (χ2v) is 5.60. The average Bonchev–Trinajstić information content (AvgIpc) is 2.68. The van der Waals surface area contributed by atoms with E-state index in [1.54, 1.807) is 48.5 Å². The van der Waals surface area contributed by atoms with Crippen molar-refractivity contribution in [2.75, 3.05) is 12.0 Å². The number of aliphatic hydroxyl groups excluding tert-OH is 3. The van der Waals surface area contributed by atoms with Crippen LogP contribution in [0.2, 0.25) is 0 Å². The van der Waals surface area contributed by atoms with Gasteiger partial charge in [-0.1, -0.05) is 30.3 Å². The molecular weight excluding hydrogens is 336 g/mol. The van der Waals surface area contributed by atoms with Crippen molar-refractivity contribution in [1.82, 2.24) is 9.97 Å². The van der Waals surface area contributed by atoms with Crippen molar-refractivity contribution in [3.8, 4) is 0 Å². The highest BCUT2D eigenvalue weighted by molar-refractivity contribution is 6.03. The number of hydrogen-bond acceptors (Lipinski definition) is 7. The smallest absolute Gasteiger partial charge is 0.276 e. The van der Waals surface area contributed by atoms with Gasteiger partial charge in [-0.15, -0.1) is 0 Å². The maximum Gasteiger partial charge on any atom is 0.276 e. The number of nitrogens with one attached hydrogen (secondary N) is 2. The molecule has 3 aromatic rings. The molecule has 2 atom stereocenters. The van der Waals surface area contributed by atoms with Crippen LogP contribution in [0, 0.1) is 0 Å². The fourth-order valence-corrected chi connectivity index (χ4v) is 2.38. The first-order valence-corrected chi connectivity index (χ1v) is 7.95. The van der Waals surface area contributed by atoms with Crippen molar-refractivity contribution in [2.45, 2.75) is 12.2 Å². The fourth-order valence-electron chi connectivity index (χ4n) is 2.38.